The summed E-state index contributed by atoms with van der Waals surface area (Å²) in [4.78, 5) is 16.6. The third-order valence-corrected chi connectivity index (χ3v) is 5.81. The van der Waals surface area contributed by atoms with Crippen LogP contribution in [0.2, 0.25) is 0 Å². The number of ether oxygens (including phenoxy) is 1. The highest BCUT2D eigenvalue weighted by atomic mass is 79.9. The quantitative estimate of drug-likeness (QED) is 0.506. The second-order valence-electron chi connectivity index (χ2n) is 6.67. The van der Waals surface area contributed by atoms with Crippen molar-refractivity contribution in [3.8, 4) is 11.6 Å². The summed E-state index contributed by atoms with van der Waals surface area (Å²) in [5.41, 5.74) is 0.690. The molecule has 0 bridgehead atoms. The molecule has 1 heterocycles. The lowest BCUT2D eigenvalue weighted by atomic mass is 10.2. The van der Waals surface area contributed by atoms with Gasteiger partial charge < -0.3 is 10.1 Å². The van der Waals surface area contributed by atoms with Crippen molar-refractivity contribution in [2.75, 3.05) is 4.72 Å². The van der Waals surface area contributed by atoms with Crippen molar-refractivity contribution < 1.29 is 17.9 Å². The van der Waals surface area contributed by atoms with E-state index in [-0.39, 0.29) is 22.7 Å². The Morgan fingerprint density at radius 2 is 1.70 bits per heavy atom. The van der Waals surface area contributed by atoms with Crippen LogP contribution in [-0.2, 0) is 10.0 Å². The van der Waals surface area contributed by atoms with Crippen LogP contribution in [0.3, 0.4) is 0 Å². The molecule has 1 aromatic heterocycles. The van der Waals surface area contributed by atoms with Crippen molar-refractivity contribution >= 4 is 37.5 Å². The van der Waals surface area contributed by atoms with E-state index in [9.17, 15) is 13.2 Å². The summed E-state index contributed by atoms with van der Waals surface area (Å²) < 4.78 is 34.0. The van der Waals surface area contributed by atoms with Crippen molar-refractivity contribution in [2.24, 2.45) is 0 Å². The molecule has 0 aliphatic heterocycles. The van der Waals surface area contributed by atoms with Gasteiger partial charge in [-0.15, -0.1) is 0 Å². The van der Waals surface area contributed by atoms with Crippen molar-refractivity contribution in [3.63, 3.8) is 0 Å². The summed E-state index contributed by atoms with van der Waals surface area (Å²) >= 11 is 3.28. The van der Waals surface area contributed by atoms with Gasteiger partial charge in [0.15, 0.2) is 0 Å². The Labute approximate surface area is 183 Å². The minimum Gasteiger partial charge on any atom is -0.438 e. The SMILES string of the molecule is CC(C)NC(=O)c1cccnc1Oc1ccc(NS(=O)(=O)c2ccc(Br)cc2)cc1. The molecule has 0 radical (unpaired) electrons. The predicted octanol–water partition coefficient (Wildman–Crippen LogP) is 4.58. The number of carbonyl (C=O) groups is 1. The molecule has 0 spiro atoms. The summed E-state index contributed by atoms with van der Waals surface area (Å²) in [6.45, 7) is 3.73. The maximum Gasteiger partial charge on any atom is 0.261 e. The van der Waals surface area contributed by atoms with Gasteiger partial charge in [-0.3, -0.25) is 9.52 Å². The highest BCUT2D eigenvalue weighted by Crippen LogP contribution is 2.25. The number of halogens is 1. The molecule has 0 saturated carbocycles. The normalized spacial score (nSPS) is 11.2. The Morgan fingerprint density at radius 1 is 1.03 bits per heavy atom. The molecular weight excluding hydrogens is 470 g/mol. The second-order valence-corrected chi connectivity index (χ2v) is 9.27. The fraction of sp³-hybridized carbons (Fsp3) is 0.143. The van der Waals surface area contributed by atoms with Gasteiger partial charge in [0, 0.05) is 22.4 Å². The number of rotatable bonds is 7. The monoisotopic (exact) mass is 489 g/mol. The Kier molecular flexibility index (Phi) is 6.73. The van der Waals surface area contributed by atoms with E-state index in [0.29, 0.717) is 17.0 Å². The van der Waals surface area contributed by atoms with Gasteiger partial charge in [-0.05, 0) is 74.5 Å². The Balaban J connectivity index is 1.74. The summed E-state index contributed by atoms with van der Waals surface area (Å²) in [6.07, 6.45) is 1.53. The molecule has 9 heteroatoms. The van der Waals surface area contributed by atoms with Crippen LogP contribution in [0.25, 0.3) is 0 Å². The van der Waals surface area contributed by atoms with Crippen LogP contribution in [0.1, 0.15) is 24.2 Å². The molecule has 0 aliphatic carbocycles. The Morgan fingerprint density at radius 3 is 2.33 bits per heavy atom. The topological polar surface area (TPSA) is 97.4 Å². The molecule has 1 amide bonds. The number of amides is 1. The van der Waals surface area contributed by atoms with E-state index in [4.69, 9.17) is 4.74 Å². The fourth-order valence-electron chi connectivity index (χ4n) is 2.52. The van der Waals surface area contributed by atoms with Gasteiger partial charge in [0.2, 0.25) is 5.88 Å². The molecule has 0 atom stereocenters. The van der Waals surface area contributed by atoms with Crippen LogP contribution in [0.5, 0.6) is 11.6 Å². The highest BCUT2D eigenvalue weighted by molar-refractivity contribution is 9.10. The zero-order chi connectivity index (χ0) is 21.7. The molecule has 3 rings (SSSR count). The zero-order valence-corrected chi connectivity index (χ0v) is 18.7. The van der Waals surface area contributed by atoms with Crippen LogP contribution in [-0.4, -0.2) is 25.4 Å². The Bertz CT molecular complexity index is 1130. The minimum atomic E-state index is -3.71. The van der Waals surface area contributed by atoms with Crippen molar-refractivity contribution in [2.45, 2.75) is 24.8 Å². The highest BCUT2D eigenvalue weighted by Gasteiger charge is 2.16. The van der Waals surface area contributed by atoms with E-state index < -0.39 is 10.0 Å². The average Bonchev–Trinajstić information content (AvgIpc) is 2.69. The lowest BCUT2D eigenvalue weighted by Crippen LogP contribution is -2.30. The molecule has 2 aromatic carbocycles. The summed E-state index contributed by atoms with van der Waals surface area (Å²) in [6, 6.07) is 15.9. The van der Waals surface area contributed by atoms with E-state index >= 15 is 0 Å². The van der Waals surface area contributed by atoms with Crippen molar-refractivity contribution in [1.29, 1.82) is 0 Å². The zero-order valence-electron chi connectivity index (χ0n) is 16.3. The number of carbonyl (C=O) groups excluding carboxylic acids is 1. The van der Waals surface area contributed by atoms with Crippen LogP contribution in [0.15, 0.2) is 76.2 Å². The van der Waals surface area contributed by atoms with E-state index in [1.165, 1.54) is 18.3 Å². The molecule has 0 unspecified atom stereocenters. The van der Waals surface area contributed by atoms with Crippen molar-refractivity contribution in [3.05, 3.63) is 76.9 Å². The van der Waals surface area contributed by atoms with Crippen molar-refractivity contribution in [1.82, 2.24) is 10.3 Å². The number of anilines is 1. The standard InChI is InChI=1S/C21H20BrN3O4S/c1-14(2)24-20(26)19-4-3-13-23-21(19)29-17-9-7-16(8-10-17)25-30(27,28)18-11-5-15(22)6-12-18/h3-14,25H,1-2H3,(H,24,26). The van der Waals surface area contributed by atoms with Gasteiger partial charge in [-0.1, -0.05) is 15.9 Å². The smallest absolute Gasteiger partial charge is 0.261 e. The van der Waals surface area contributed by atoms with Crippen LogP contribution in [0, 0.1) is 0 Å². The second kappa shape index (κ2) is 9.27. The predicted molar refractivity (Wildman–Crippen MR) is 118 cm³/mol. The van der Waals surface area contributed by atoms with Crippen LogP contribution < -0.4 is 14.8 Å². The first-order valence-electron chi connectivity index (χ1n) is 9.07. The number of aromatic nitrogens is 1. The largest absolute Gasteiger partial charge is 0.438 e. The van der Waals surface area contributed by atoms with E-state index in [1.807, 2.05) is 13.8 Å². The first-order valence-corrected chi connectivity index (χ1v) is 11.3. The van der Waals surface area contributed by atoms with Gasteiger partial charge in [-0.25, -0.2) is 13.4 Å². The maximum absolute atomic E-state index is 12.5. The molecule has 2 N–H and O–H groups in total. The lowest BCUT2D eigenvalue weighted by molar-refractivity contribution is 0.0940. The summed E-state index contributed by atoms with van der Waals surface area (Å²) in [5, 5.41) is 2.80. The third-order valence-electron chi connectivity index (χ3n) is 3.88. The van der Waals surface area contributed by atoms with Crippen LogP contribution in [0.4, 0.5) is 5.69 Å². The number of pyridine rings is 1. The maximum atomic E-state index is 12.5. The van der Waals surface area contributed by atoms with E-state index in [2.05, 4.69) is 31.0 Å². The molecule has 0 saturated heterocycles. The number of nitrogens with one attached hydrogen (secondary N) is 2. The third kappa shape index (κ3) is 5.58. The molecule has 7 nitrogen and oxygen atoms in total. The van der Waals surface area contributed by atoms with Gasteiger partial charge in [0.05, 0.1) is 4.90 Å². The molecule has 0 fully saturated rings. The van der Waals surface area contributed by atoms with Gasteiger partial charge >= 0.3 is 0 Å². The minimum absolute atomic E-state index is 0.0245. The molecule has 30 heavy (non-hydrogen) atoms. The lowest BCUT2D eigenvalue weighted by Gasteiger charge is -2.12. The first kappa shape index (κ1) is 21.8. The average molecular weight is 490 g/mol. The number of sulfonamides is 1. The molecule has 156 valence electrons. The summed E-state index contributed by atoms with van der Waals surface area (Å²) in [5.74, 6) is 0.296. The van der Waals surface area contributed by atoms with E-state index in [0.717, 1.165) is 4.47 Å². The summed E-state index contributed by atoms with van der Waals surface area (Å²) in [7, 11) is -3.71. The van der Waals surface area contributed by atoms with Gasteiger partial charge in [0.25, 0.3) is 15.9 Å². The number of benzene rings is 2. The first-order chi connectivity index (χ1) is 14.2. The number of hydrogen-bond acceptors (Lipinski definition) is 5. The molecule has 0 aliphatic rings. The number of nitrogens with zero attached hydrogens (tertiary/aromatic N) is 1. The molecular formula is C21H20BrN3O4S. The van der Waals surface area contributed by atoms with Gasteiger partial charge in [-0.2, -0.15) is 0 Å². The van der Waals surface area contributed by atoms with E-state index in [1.54, 1.807) is 48.5 Å². The fourth-order valence-corrected chi connectivity index (χ4v) is 3.84. The Hall–Kier alpha value is -2.91. The van der Waals surface area contributed by atoms with Crippen LogP contribution >= 0.6 is 15.9 Å². The number of hydrogen-bond donors (Lipinski definition) is 2. The molecule has 3 aromatic rings. The van der Waals surface area contributed by atoms with Gasteiger partial charge in [0.1, 0.15) is 11.3 Å².